The van der Waals surface area contributed by atoms with E-state index < -0.39 is 23.4 Å². The summed E-state index contributed by atoms with van der Waals surface area (Å²) < 4.78 is 47.9. The van der Waals surface area contributed by atoms with Gasteiger partial charge in [0.2, 0.25) is 5.88 Å². The van der Waals surface area contributed by atoms with Gasteiger partial charge in [0.25, 0.3) is 0 Å². The summed E-state index contributed by atoms with van der Waals surface area (Å²) in [6.45, 7) is 6.64. The van der Waals surface area contributed by atoms with E-state index in [1.54, 1.807) is 0 Å². The van der Waals surface area contributed by atoms with Gasteiger partial charge in [-0.2, -0.15) is 0 Å². The van der Waals surface area contributed by atoms with Crippen LogP contribution in [-0.4, -0.2) is 16.1 Å². The largest absolute Gasteiger partial charge is 0.481 e. The summed E-state index contributed by atoms with van der Waals surface area (Å²) in [7, 11) is 0. The Hall–Kier alpha value is -3.86. The first-order chi connectivity index (χ1) is 13.9. The first-order valence-electron chi connectivity index (χ1n) is 8.33. The van der Waals surface area contributed by atoms with Crippen molar-refractivity contribution >= 4 is 11.7 Å². The van der Waals surface area contributed by atoms with E-state index in [0.29, 0.717) is 0 Å². The van der Waals surface area contributed by atoms with E-state index >= 15 is 0 Å². The molecule has 0 fully saturated rings. The molecule has 0 radical (unpaired) electrons. The van der Waals surface area contributed by atoms with Gasteiger partial charge in [-0.25, -0.2) is 23.0 Å². The molecule has 0 unspecified atom stereocenters. The Morgan fingerprint density at radius 2 is 1.83 bits per heavy atom. The second kappa shape index (κ2) is 8.44. The summed E-state index contributed by atoms with van der Waals surface area (Å²) in [5.41, 5.74) is 0.0785. The topological polar surface area (TPSA) is 63.8 Å². The van der Waals surface area contributed by atoms with Crippen molar-refractivity contribution in [3.05, 3.63) is 88.5 Å². The van der Waals surface area contributed by atoms with Gasteiger partial charge in [-0.3, -0.25) is 4.79 Å². The molecule has 0 atom stereocenters. The Morgan fingerprint density at radius 3 is 2.48 bits per heavy atom. The van der Waals surface area contributed by atoms with Crippen LogP contribution in [0.1, 0.15) is 11.1 Å². The third-order valence-corrected chi connectivity index (χ3v) is 4.01. The molecule has 0 spiro atoms. The quantitative estimate of drug-likeness (QED) is 0.599. The molecule has 5 nitrogen and oxygen atoms in total. The summed E-state index contributed by atoms with van der Waals surface area (Å²) in [6, 6.07) is 9.79. The van der Waals surface area contributed by atoms with Gasteiger partial charge in [0.05, 0.1) is 13.0 Å². The summed E-state index contributed by atoms with van der Waals surface area (Å²) >= 11 is 0. The van der Waals surface area contributed by atoms with Crippen molar-refractivity contribution < 1.29 is 27.8 Å². The first-order valence-corrected chi connectivity index (χ1v) is 8.33. The van der Waals surface area contributed by atoms with Gasteiger partial charge in [-0.15, -0.1) is 0 Å². The highest BCUT2D eigenvalue weighted by Gasteiger charge is 2.15. The fraction of sp³-hybridized carbons (Fsp3) is 0.0952. The van der Waals surface area contributed by atoms with Gasteiger partial charge in [0.1, 0.15) is 29.8 Å². The molecule has 1 heterocycles. The SMILES string of the molecule is [C-]#[N+]c1ccc(COc2ccc(F)c(-c3ccc(CC(=O)O)cc3F)n2)c(F)c1. The van der Waals surface area contributed by atoms with Crippen molar-refractivity contribution in [3.8, 4) is 17.1 Å². The first kappa shape index (κ1) is 19.9. The molecule has 0 aliphatic rings. The molecule has 1 aromatic heterocycles. The maximum atomic E-state index is 14.4. The van der Waals surface area contributed by atoms with Crippen molar-refractivity contribution in [1.29, 1.82) is 0 Å². The lowest BCUT2D eigenvalue weighted by molar-refractivity contribution is -0.136. The van der Waals surface area contributed by atoms with Gasteiger partial charge >= 0.3 is 5.97 Å². The molecule has 29 heavy (non-hydrogen) atoms. The molecular formula is C21H13F3N2O3. The summed E-state index contributed by atoms with van der Waals surface area (Å²) in [6.07, 6.45) is -0.367. The van der Waals surface area contributed by atoms with E-state index in [0.717, 1.165) is 18.2 Å². The van der Waals surface area contributed by atoms with E-state index in [9.17, 15) is 18.0 Å². The van der Waals surface area contributed by atoms with Crippen LogP contribution >= 0.6 is 0 Å². The zero-order valence-electron chi connectivity index (χ0n) is 14.8. The van der Waals surface area contributed by atoms with Crippen LogP contribution in [-0.2, 0) is 17.8 Å². The van der Waals surface area contributed by atoms with Gasteiger partial charge < -0.3 is 9.84 Å². The molecule has 3 aromatic rings. The molecule has 0 bridgehead atoms. The van der Waals surface area contributed by atoms with Gasteiger partial charge in [-0.1, -0.05) is 18.2 Å². The number of pyridine rings is 1. The van der Waals surface area contributed by atoms with Crippen LogP contribution in [0.2, 0.25) is 0 Å². The molecular weight excluding hydrogens is 385 g/mol. The van der Waals surface area contributed by atoms with Crippen LogP contribution in [0, 0.1) is 24.0 Å². The van der Waals surface area contributed by atoms with Crippen molar-refractivity contribution in [2.24, 2.45) is 0 Å². The van der Waals surface area contributed by atoms with Crippen LogP contribution in [0.3, 0.4) is 0 Å². The molecule has 0 aliphatic heterocycles. The summed E-state index contributed by atoms with van der Waals surface area (Å²) in [5, 5.41) is 8.77. The van der Waals surface area contributed by atoms with Gasteiger partial charge in [0.15, 0.2) is 5.69 Å². The minimum absolute atomic E-state index is 0.0518. The van der Waals surface area contributed by atoms with Crippen molar-refractivity contribution in [2.45, 2.75) is 13.0 Å². The van der Waals surface area contributed by atoms with Crippen LogP contribution in [0.4, 0.5) is 18.9 Å². The van der Waals surface area contributed by atoms with E-state index in [4.69, 9.17) is 16.4 Å². The van der Waals surface area contributed by atoms with Crippen LogP contribution in [0.5, 0.6) is 5.88 Å². The highest BCUT2D eigenvalue weighted by atomic mass is 19.1. The highest BCUT2D eigenvalue weighted by molar-refractivity contribution is 5.71. The number of aliphatic carboxylic acids is 1. The monoisotopic (exact) mass is 398 g/mol. The molecule has 0 amide bonds. The average Bonchev–Trinajstić information content (AvgIpc) is 2.68. The molecule has 2 aromatic carbocycles. The van der Waals surface area contributed by atoms with Crippen molar-refractivity contribution in [1.82, 2.24) is 4.98 Å². The Kier molecular flexibility index (Phi) is 5.79. The Labute approximate surface area is 163 Å². The number of nitrogens with zero attached hydrogens (tertiary/aromatic N) is 2. The minimum atomic E-state index is -1.12. The zero-order chi connectivity index (χ0) is 21.0. The maximum absolute atomic E-state index is 14.4. The van der Waals surface area contributed by atoms with E-state index in [1.165, 1.54) is 30.3 Å². The number of carboxylic acid groups (broad SMARTS) is 1. The lowest BCUT2D eigenvalue weighted by atomic mass is 10.1. The number of aromatic nitrogens is 1. The van der Waals surface area contributed by atoms with Crippen LogP contribution in [0.15, 0.2) is 48.5 Å². The second-order valence-electron chi connectivity index (χ2n) is 6.04. The second-order valence-corrected chi connectivity index (χ2v) is 6.04. The number of carbonyl (C=O) groups is 1. The predicted octanol–water partition coefficient (Wildman–Crippen LogP) is 4.92. The summed E-state index contributed by atoms with van der Waals surface area (Å²) in [5.74, 6) is -3.42. The Balaban J connectivity index is 1.83. The van der Waals surface area contributed by atoms with Crippen LogP contribution in [0.25, 0.3) is 16.1 Å². The molecule has 8 heteroatoms. The third kappa shape index (κ3) is 4.71. The zero-order valence-corrected chi connectivity index (χ0v) is 14.8. The normalized spacial score (nSPS) is 10.4. The number of benzene rings is 2. The number of hydrogen-bond donors (Lipinski definition) is 1. The predicted molar refractivity (Wildman–Crippen MR) is 97.9 cm³/mol. The molecule has 0 aliphatic carbocycles. The summed E-state index contributed by atoms with van der Waals surface area (Å²) in [4.78, 5) is 17.8. The Morgan fingerprint density at radius 1 is 1.03 bits per heavy atom. The average molecular weight is 398 g/mol. The standard InChI is InChI=1S/C21H13F3N2O3/c1-25-14-4-3-13(17(23)10-14)11-29-19-7-6-16(22)21(26-19)15-5-2-12(8-18(15)24)9-20(27)28/h2-8,10H,9,11H2,(H,27,28). The maximum Gasteiger partial charge on any atom is 0.307 e. The van der Waals surface area contributed by atoms with E-state index in [1.807, 2.05) is 0 Å². The number of hydrogen-bond acceptors (Lipinski definition) is 3. The highest BCUT2D eigenvalue weighted by Crippen LogP contribution is 2.27. The number of halogens is 3. The number of rotatable bonds is 6. The smallest absolute Gasteiger partial charge is 0.307 e. The number of ether oxygens (including phenoxy) is 1. The lowest BCUT2D eigenvalue weighted by Gasteiger charge is -2.10. The molecule has 0 saturated carbocycles. The third-order valence-electron chi connectivity index (χ3n) is 4.01. The minimum Gasteiger partial charge on any atom is -0.481 e. The van der Waals surface area contributed by atoms with Crippen molar-refractivity contribution in [2.75, 3.05) is 0 Å². The molecule has 0 saturated heterocycles. The fourth-order valence-electron chi connectivity index (χ4n) is 2.60. The van der Waals surface area contributed by atoms with E-state index in [2.05, 4.69) is 9.83 Å². The lowest BCUT2D eigenvalue weighted by Crippen LogP contribution is -2.03. The Bertz CT molecular complexity index is 1130. The van der Waals surface area contributed by atoms with Gasteiger partial charge in [-0.05, 0) is 29.8 Å². The van der Waals surface area contributed by atoms with Crippen molar-refractivity contribution in [3.63, 3.8) is 0 Å². The molecule has 3 rings (SSSR count). The van der Waals surface area contributed by atoms with Crippen LogP contribution < -0.4 is 4.74 Å². The van der Waals surface area contributed by atoms with E-state index in [-0.39, 0.29) is 47.0 Å². The fourth-order valence-corrected chi connectivity index (χ4v) is 2.60. The number of carboxylic acids is 1. The molecule has 1 N–H and O–H groups in total. The molecule has 146 valence electrons. The van der Waals surface area contributed by atoms with Gasteiger partial charge in [0, 0.05) is 17.2 Å².